The molecule has 2 aliphatic heterocycles. The van der Waals surface area contributed by atoms with Crippen molar-refractivity contribution in [2.24, 2.45) is 9.98 Å². The molecule has 0 N–H and O–H groups in total. The van der Waals surface area contributed by atoms with Crippen LogP contribution in [0.15, 0.2) is 95.0 Å². The van der Waals surface area contributed by atoms with Gasteiger partial charge in [0.25, 0.3) is 0 Å². The zero-order chi connectivity index (χ0) is 30.6. The van der Waals surface area contributed by atoms with Crippen molar-refractivity contribution < 1.29 is 17.6 Å². The molecule has 0 amide bonds. The van der Waals surface area contributed by atoms with Gasteiger partial charge in [0, 0.05) is 13.1 Å². The highest BCUT2D eigenvalue weighted by atomic mass is 19.3. The van der Waals surface area contributed by atoms with E-state index in [0.717, 1.165) is 63.5 Å². The highest BCUT2D eigenvalue weighted by Crippen LogP contribution is 2.37. The van der Waals surface area contributed by atoms with Crippen molar-refractivity contribution in [3.8, 4) is 0 Å². The van der Waals surface area contributed by atoms with Crippen molar-refractivity contribution in [1.29, 1.82) is 0 Å². The summed E-state index contributed by atoms with van der Waals surface area (Å²) in [6.07, 6.45) is 15.6. The number of hydrogen-bond donors (Lipinski definition) is 0. The van der Waals surface area contributed by atoms with Crippen molar-refractivity contribution in [1.82, 2.24) is 9.80 Å². The first-order chi connectivity index (χ1) is 21.3. The third-order valence-electron chi connectivity index (χ3n) is 9.25. The molecule has 2 saturated carbocycles. The van der Waals surface area contributed by atoms with Crippen LogP contribution in [0.2, 0.25) is 0 Å². The van der Waals surface area contributed by atoms with Crippen molar-refractivity contribution in [2.45, 2.75) is 87.4 Å². The summed E-state index contributed by atoms with van der Waals surface area (Å²) >= 11 is 0. The van der Waals surface area contributed by atoms with Crippen LogP contribution in [0.4, 0.5) is 17.6 Å². The van der Waals surface area contributed by atoms with Gasteiger partial charge in [0.2, 0.25) is 0 Å². The summed E-state index contributed by atoms with van der Waals surface area (Å²) in [5.74, 6) is -6.84. The maximum atomic E-state index is 15.6. The van der Waals surface area contributed by atoms with Crippen LogP contribution >= 0.6 is 0 Å². The van der Waals surface area contributed by atoms with Crippen LogP contribution in [-0.2, 0) is 0 Å². The number of alkyl halides is 4. The summed E-state index contributed by atoms with van der Waals surface area (Å²) < 4.78 is 62.5. The lowest BCUT2D eigenvalue weighted by Crippen LogP contribution is -2.47. The minimum atomic E-state index is -3.22. The molecule has 4 nitrogen and oxygen atoms in total. The molecule has 2 aromatic carbocycles. The fourth-order valence-electron chi connectivity index (χ4n) is 7.04. The minimum absolute atomic E-state index is 0.0708. The van der Waals surface area contributed by atoms with E-state index in [4.69, 9.17) is 0 Å². The van der Waals surface area contributed by atoms with Gasteiger partial charge in [0.1, 0.15) is 0 Å². The first-order valence-corrected chi connectivity index (χ1v) is 15.9. The number of halogens is 4. The average Bonchev–Trinajstić information content (AvgIpc) is 3.62. The van der Waals surface area contributed by atoms with E-state index in [-0.39, 0.29) is 48.9 Å². The van der Waals surface area contributed by atoms with Crippen molar-refractivity contribution in [2.75, 3.05) is 13.1 Å². The maximum Gasteiger partial charge on any atom is 0.322 e. The molecule has 44 heavy (non-hydrogen) atoms. The fourth-order valence-corrected chi connectivity index (χ4v) is 7.04. The van der Waals surface area contributed by atoms with Gasteiger partial charge >= 0.3 is 11.8 Å². The lowest BCUT2D eigenvalue weighted by Gasteiger charge is -2.34. The molecule has 2 heterocycles. The van der Waals surface area contributed by atoms with E-state index in [2.05, 4.69) is 9.98 Å². The van der Waals surface area contributed by atoms with E-state index < -0.39 is 11.8 Å². The summed E-state index contributed by atoms with van der Waals surface area (Å²) in [7, 11) is 0. The Morgan fingerprint density at radius 3 is 1.39 bits per heavy atom. The number of rotatable bonds is 10. The smallest absolute Gasteiger partial charge is 0.322 e. The number of fused-ring (bicyclic) bond motifs is 2. The highest BCUT2D eigenvalue weighted by Gasteiger charge is 2.48. The van der Waals surface area contributed by atoms with E-state index >= 15 is 17.6 Å². The predicted octanol–water partition coefficient (Wildman–Crippen LogP) is 8.29. The number of nitrogens with zero attached hydrogens (tertiary/aromatic N) is 4. The zero-order valence-corrected chi connectivity index (χ0v) is 24.9. The normalized spacial score (nSPS) is 26.0. The Hall–Kier alpha value is -3.68. The molecule has 0 spiro atoms. The Labute approximate surface area is 257 Å². The lowest BCUT2D eigenvalue weighted by atomic mass is 9.90. The molecule has 0 saturated heterocycles. The van der Waals surface area contributed by atoms with Gasteiger partial charge in [-0.15, -0.1) is 0 Å². The monoisotopic (exact) mass is 604 g/mol. The molecule has 2 fully saturated rings. The van der Waals surface area contributed by atoms with Crippen LogP contribution in [0.5, 0.6) is 0 Å². The van der Waals surface area contributed by atoms with E-state index in [1.165, 1.54) is 12.2 Å². The lowest BCUT2D eigenvalue weighted by molar-refractivity contribution is 0.113. The molecule has 8 heteroatoms. The van der Waals surface area contributed by atoms with E-state index in [9.17, 15) is 0 Å². The number of benzene rings is 2. The second-order valence-electron chi connectivity index (χ2n) is 12.3. The van der Waals surface area contributed by atoms with Gasteiger partial charge in [-0.25, -0.2) is 0 Å². The quantitative estimate of drug-likeness (QED) is 0.202. The topological polar surface area (TPSA) is 31.2 Å². The Balaban J connectivity index is 1.17. The summed E-state index contributed by atoms with van der Waals surface area (Å²) in [4.78, 5) is 12.6. The van der Waals surface area contributed by atoms with Crippen LogP contribution in [-0.4, -0.2) is 70.6 Å². The van der Waals surface area contributed by atoms with Crippen molar-refractivity contribution >= 4 is 23.8 Å². The van der Waals surface area contributed by atoms with E-state index in [0.29, 0.717) is 11.1 Å². The fraction of sp³-hybridized carbons (Fsp3) is 0.444. The Kier molecular flexibility index (Phi) is 9.06. The Morgan fingerprint density at radius 1 is 0.591 bits per heavy atom. The highest BCUT2D eigenvalue weighted by molar-refractivity contribution is 5.94. The standard InChI is InChI=1S/C36H40F4N4/c37-35(38,23-21-27-13-3-1-4-14-27)33-41-29-17-7-9-19-31(29)43(33)25-11-12-26-44-32-20-10-8-18-30(32)42-34(44)36(39,40)24-22-28-15-5-2-6-16-28/h1-6,11-16,21-24,29-32H,7-10,17-20,25-26H2/b12-11+,23-21+,24-22+/t29-,30-,31+,32+/m0/s1. The Morgan fingerprint density at radius 2 is 0.977 bits per heavy atom. The number of aliphatic imine (C=N–C) groups is 2. The summed E-state index contributed by atoms with van der Waals surface area (Å²) in [6.45, 7) is 0.515. The van der Waals surface area contributed by atoms with E-state index in [1.807, 2.05) is 48.6 Å². The van der Waals surface area contributed by atoms with Gasteiger partial charge in [-0.3, -0.25) is 9.98 Å². The zero-order valence-electron chi connectivity index (χ0n) is 24.9. The molecule has 4 aliphatic rings. The van der Waals surface area contributed by atoms with Crippen LogP contribution in [0.25, 0.3) is 12.2 Å². The predicted molar refractivity (Wildman–Crippen MR) is 170 cm³/mol. The van der Waals surface area contributed by atoms with Gasteiger partial charge in [-0.1, -0.05) is 111 Å². The van der Waals surface area contributed by atoms with Crippen LogP contribution in [0, 0.1) is 0 Å². The van der Waals surface area contributed by atoms with Crippen molar-refractivity contribution in [3.05, 3.63) is 96.1 Å². The first-order valence-electron chi connectivity index (χ1n) is 15.9. The molecular weight excluding hydrogens is 564 g/mol. The molecule has 0 radical (unpaired) electrons. The summed E-state index contributed by atoms with van der Waals surface area (Å²) in [5, 5.41) is 0. The maximum absolute atomic E-state index is 15.6. The van der Waals surface area contributed by atoms with E-state index in [1.54, 1.807) is 34.1 Å². The first kappa shape index (κ1) is 30.4. The minimum Gasteiger partial charge on any atom is -0.346 e. The molecule has 232 valence electrons. The number of amidine groups is 2. The Bertz CT molecular complexity index is 1310. The third-order valence-corrected chi connectivity index (χ3v) is 9.25. The van der Waals surface area contributed by atoms with Gasteiger partial charge in [0.15, 0.2) is 11.7 Å². The van der Waals surface area contributed by atoms with Gasteiger partial charge < -0.3 is 9.80 Å². The molecule has 6 rings (SSSR count). The third kappa shape index (κ3) is 6.69. The molecule has 2 aromatic rings. The largest absolute Gasteiger partial charge is 0.346 e. The molecule has 2 aliphatic carbocycles. The summed E-state index contributed by atoms with van der Waals surface area (Å²) in [5.41, 5.74) is 1.41. The molecule has 0 aromatic heterocycles. The second-order valence-corrected chi connectivity index (χ2v) is 12.3. The van der Waals surface area contributed by atoms with Gasteiger partial charge in [-0.2, -0.15) is 17.6 Å². The molecular formula is C36H40F4N4. The van der Waals surface area contributed by atoms with Crippen molar-refractivity contribution in [3.63, 3.8) is 0 Å². The molecule has 4 atom stereocenters. The van der Waals surface area contributed by atoms with Crippen LogP contribution in [0.3, 0.4) is 0 Å². The SMILES string of the molecule is FC(F)(/C=C/c1ccccc1)C1=N[C@H]2CCCC[C@H]2N1C/C=C/CN1C(C(F)(F)/C=C/c2ccccc2)=N[C@H]2CCCC[C@H]21. The second kappa shape index (κ2) is 13.1. The molecule has 0 bridgehead atoms. The average molecular weight is 605 g/mol. The van der Waals surface area contributed by atoms with Crippen LogP contribution in [0.1, 0.15) is 62.5 Å². The molecule has 0 unspecified atom stereocenters. The summed E-state index contributed by atoms with van der Waals surface area (Å²) in [6, 6.07) is 17.7. The van der Waals surface area contributed by atoms with Crippen LogP contribution < -0.4 is 0 Å². The number of hydrogen-bond acceptors (Lipinski definition) is 4. The van der Waals surface area contributed by atoms with Gasteiger partial charge in [-0.05, 0) is 49.0 Å². The van der Waals surface area contributed by atoms with Gasteiger partial charge in [0.05, 0.1) is 24.2 Å².